The van der Waals surface area contributed by atoms with Crippen LogP contribution in [-0.2, 0) is 13.1 Å². The van der Waals surface area contributed by atoms with Gasteiger partial charge in [-0.1, -0.05) is 24.8 Å². The summed E-state index contributed by atoms with van der Waals surface area (Å²) in [4.78, 5) is 0. The Labute approximate surface area is 95.0 Å². The summed E-state index contributed by atoms with van der Waals surface area (Å²) in [6, 6.07) is 8.55. The van der Waals surface area contributed by atoms with Crippen LogP contribution in [0, 0.1) is 0 Å². The van der Waals surface area contributed by atoms with Crippen molar-refractivity contribution in [2.24, 2.45) is 0 Å². The van der Waals surface area contributed by atoms with Crippen molar-refractivity contribution in [2.75, 3.05) is 11.9 Å². The number of rotatable bonds is 2. The molecule has 0 saturated heterocycles. The Morgan fingerprint density at radius 1 is 1.44 bits per heavy atom. The number of fused-ring (bicyclic) bond motifs is 3. The topological polar surface area (TPSA) is 20.8 Å². The van der Waals surface area contributed by atoms with Crippen molar-refractivity contribution in [1.82, 2.24) is 4.57 Å². The molecule has 2 aromatic rings. The first-order valence-corrected chi connectivity index (χ1v) is 5.77. The molecule has 1 aromatic heterocycles. The average Bonchev–Trinajstić information content (AvgIpc) is 2.66. The van der Waals surface area contributed by atoms with Crippen molar-refractivity contribution in [3.05, 3.63) is 36.9 Å². The zero-order valence-corrected chi connectivity index (χ0v) is 9.32. The van der Waals surface area contributed by atoms with E-state index in [0.29, 0.717) is 0 Å². The number of benzene rings is 1. The summed E-state index contributed by atoms with van der Waals surface area (Å²) in [6.45, 7) is 6.86. The maximum absolute atomic E-state index is 3.83. The second-order valence-corrected chi connectivity index (χ2v) is 4.14. The Morgan fingerprint density at radius 3 is 3.19 bits per heavy atom. The van der Waals surface area contributed by atoms with Crippen molar-refractivity contribution in [3.63, 3.8) is 0 Å². The smallest absolute Gasteiger partial charge is 0.277 e. The quantitative estimate of drug-likeness (QED) is 0.598. The molecule has 0 radical (unpaired) electrons. The number of aryl methyl sites for hydroxylation is 1. The van der Waals surface area contributed by atoms with Gasteiger partial charge in [0.05, 0.1) is 19.6 Å². The molecule has 0 atom stereocenters. The fourth-order valence-electron chi connectivity index (χ4n) is 2.46. The van der Waals surface area contributed by atoms with E-state index in [9.17, 15) is 0 Å². The highest BCUT2D eigenvalue weighted by atomic mass is 15.3. The number of allylic oxidation sites excluding steroid dienone is 1. The van der Waals surface area contributed by atoms with Gasteiger partial charge in [-0.25, -0.2) is 9.13 Å². The molecule has 82 valence electrons. The number of hydrogen-bond donors (Lipinski definition) is 1. The van der Waals surface area contributed by atoms with E-state index in [-0.39, 0.29) is 0 Å². The summed E-state index contributed by atoms with van der Waals surface area (Å²) in [5.41, 5.74) is 2.60. The van der Waals surface area contributed by atoms with Crippen LogP contribution >= 0.6 is 0 Å². The third-order valence-corrected chi connectivity index (χ3v) is 3.13. The van der Waals surface area contributed by atoms with Crippen LogP contribution in [0.2, 0.25) is 0 Å². The number of imidazole rings is 1. The third-order valence-electron chi connectivity index (χ3n) is 3.13. The molecule has 1 aliphatic heterocycles. The van der Waals surface area contributed by atoms with Gasteiger partial charge < -0.3 is 0 Å². The molecule has 1 N–H and O–H groups in total. The van der Waals surface area contributed by atoms with Gasteiger partial charge in [0.15, 0.2) is 0 Å². The summed E-state index contributed by atoms with van der Waals surface area (Å²) in [7, 11) is 0. The molecule has 0 amide bonds. The first-order valence-electron chi connectivity index (χ1n) is 5.77. The lowest BCUT2D eigenvalue weighted by Gasteiger charge is -2.10. The van der Waals surface area contributed by atoms with Crippen molar-refractivity contribution < 1.29 is 4.57 Å². The predicted octanol–water partition coefficient (Wildman–Crippen LogP) is 1.93. The monoisotopic (exact) mass is 214 g/mol. The van der Waals surface area contributed by atoms with Gasteiger partial charge in [-0.3, -0.25) is 5.32 Å². The molecule has 0 unspecified atom stereocenters. The second kappa shape index (κ2) is 3.67. The third kappa shape index (κ3) is 1.24. The van der Waals surface area contributed by atoms with Gasteiger partial charge >= 0.3 is 5.95 Å². The number of para-hydroxylation sites is 2. The van der Waals surface area contributed by atoms with E-state index in [4.69, 9.17) is 0 Å². The highest BCUT2D eigenvalue weighted by molar-refractivity contribution is 5.74. The molecule has 1 aliphatic rings. The molecule has 3 heteroatoms. The van der Waals surface area contributed by atoms with E-state index in [1.807, 2.05) is 6.08 Å². The first-order chi connectivity index (χ1) is 7.92. The molecule has 0 spiro atoms. The number of hydrogen-bond acceptors (Lipinski definition) is 1. The van der Waals surface area contributed by atoms with Crippen LogP contribution < -0.4 is 9.88 Å². The molecule has 2 heterocycles. The molecule has 0 saturated carbocycles. The van der Waals surface area contributed by atoms with Crippen LogP contribution in [0.15, 0.2) is 36.9 Å². The predicted molar refractivity (Wildman–Crippen MR) is 65.4 cm³/mol. The number of aromatic nitrogens is 2. The lowest BCUT2D eigenvalue weighted by molar-refractivity contribution is -0.661. The molecule has 3 rings (SSSR count). The van der Waals surface area contributed by atoms with Crippen molar-refractivity contribution in [2.45, 2.75) is 19.5 Å². The minimum Gasteiger partial charge on any atom is -0.277 e. The van der Waals surface area contributed by atoms with Gasteiger partial charge in [-0.15, -0.1) is 0 Å². The van der Waals surface area contributed by atoms with Crippen LogP contribution in [0.1, 0.15) is 6.42 Å². The van der Waals surface area contributed by atoms with Crippen molar-refractivity contribution >= 4 is 17.0 Å². The lowest BCUT2D eigenvalue weighted by atomic mass is 10.3. The molecule has 0 aliphatic carbocycles. The minimum absolute atomic E-state index is 0.857. The lowest BCUT2D eigenvalue weighted by Crippen LogP contribution is -2.41. The normalized spacial score (nSPS) is 14.5. The molecule has 3 nitrogen and oxygen atoms in total. The highest BCUT2D eigenvalue weighted by Crippen LogP contribution is 2.19. The summed E-state index contributed by atoms with van der Waals surface area (Å²) in [5, 5.41) is 3.48. The van der Waals surface area contributed by atoms with E-state index in [1.165, 1.54) is 23.4 Å². The van der Waals surface area contributed by atoms with E-state index in [0.717, 1.165) is 19.6 Å². The standard InChI is InChI=1S/C13H15N3/c1-2-9-15-11-6-3-4-7-12(11)16-10-5-8-14-13(15)16/h2-4,6-7H,1,5,8-10H2/p+1. The molecule has 16 heavy (non-hydrogen) atoms. The maximum atomic E-state index is 3.83. The molecular weight excluding hydrogens is 198 g/mol. The van der Waals surface area contributed by atoms with E-state index >= 15 is 0 Å². The zero-order valence-electron chi connectivity index (χ0n) is 9.32. The molecule has 0 bridgehead atoms. The minimum atomic E-state index is 0.857. The molecule has 1 aromatic carbocycles. The van der Waals surface area contributed by atoms with E-state index in [2.05, 4.69) is 45.3 Å². The fourth-order valence-corrected chi connectivity index (χ4v) is 2.46. The highest BCUT2D eigenvalue weighted by Gasteiger charge is 2.24. The summed E-state index contributed by atoms with van der Waals surface area (Å²) < 4.78 is 4.66. The fraction of sp³-hybridized carbons (Fsp3) is 0.308. The number of nitrogens with zero attached hydrogens (tertiary/aromatic N) is 2. The van der Waals surface area contributed by atoms with E-state index < -0.39 is 0 Å². The van der Waals surface area contributed by atoms with Crippen LogP contribution in [0.5, 0.6) is 0 Å². The first kappa shape index (κ1) is 9.46. The zero-order chi connectivity index (χ0) is 11.0. The van der Waals surface area contributed by atoms with Crippen molar-refractivity contribution in [1.29, 1.82) is 0 Å². The summed E-state index contributed by atoms with van der Waals surface area (Å²) in [6.07, 6.45) is 3.14. The van der Waals surface area contributed by atoms with Gasteiger partial charge in [0.1, 0.15) is 11.0 Å². The van der Waals surface area contributed by atoms with Gasteiger partial charge in [-0.05, 0) is 12.1 Å². The largest absolute Gasteiger partial charge is 0.358 e. The van der Waals surface area contributed by atoms with Crippen molar-refractivity contribution in [3.8, 4) is 0 Å². The van der Waals surface area contributed by atoms with Crippen LogP contribution in [0.25, 0.3) is 11.0 Å². The SMILES string of the molecule is C=CCn1c2[n+](c3ccccc31)CCCN2. The van der Waals surface area contributed by atoms with Gasteiger partial charge in [0, 0.05) is 6.42 Å². The molecular formula is C13H16N3+. The Balaban J connectivity index is 2.32. The average molecular weight is 214 g/mol. The molecule has 0 fully saturated rings. The van der Waals surface area contributed by atoms with Gasteiger partial charge in [0.2, 0.25) is 0 Å². The summed E-state index contributed by atoms with van der Waals surface area (Å²) in [5.74, 6) is 1.22. The second-order valence-electron chi connectivity index (χ2n) is 4.14. The Hall–Kier alpha value is -1.77. The number of nitrogens with one attached hydrogen (secondary N) is 1. The number of anilines is 1. The van der Waals surface area contributed by atoms with Crippen LogP contribution in [-0.4, -0.2) is 11.1 Å². The van der Waals surface area contributed by atoms with Gasteiger partial charge in [0.25, 0.3) is 0 Å². The van der Waals surface area contributed by atoms with E-state index in [1.54, 1.807) is 0 Å². The van der Waals surface area contributed by atoms with Crippen LogP contribution in [0.3, 0.4) is 0 Å². The Morgan fingerprint density at radius 2 is 2.31 bits per heavy atom. The Bertz CT molecular complexity index is 539. The van der Waals surface area contributed by atoms with Crippen LogP contribution in [0.4, 0.5) is 5.95 Å². The summed E-state index contributed by atoms with van der Waals surface area (Å²) >= 11 is 0. The maximum Gasteiger partial charge on any atom is 0.358 e. The Kier molecular flexibility index (Phi) is 2.17. The van der Waals surface area contributed by atoms with Gasteiger partial charge in [-0.2, -0.15) is 0 Å².